The van der Waals surface area contributed by atoms with Gasteiger partial charge < -0.3 is 4.98 Å². The number of aromatic nitrogens is 4. The number of nitrogens with zero attached hydrogens (tertiary/aromatic N) is 1. The van der Waals surface area contributed by atoms with Gasteiger partial charge in [0.1, 0.15) is 11.3 Å². The van der Waals surface area contributed by atoms with Gasteiger partial charge in [-0.2, -0.15) is 0 Å². The molecule has 0 atom stereocenters. The lowest BCUT2D eigenvalue weighted by Crippen LogP contribution is -2.26. The zero-order valence-electron chi connectivity index (χ0n) is 11.9. The van der Waals surface area contributed by atoms with Crippen LogP contribution in [0.25, 0.3) is 11.2 Å². The van der Waals surface area contributed by atoms with Crippen LogP contribution in [0, 0.1) is 5.92 Å². The van der Waals surface area contributed by atoms with Crippen molar-refractivity contribution >= 4 is 11.2 Å². The third-order valence-corrected chi connectivity index (χ3v) is 4.25. The summed E-state index contributed by atoms with van der Waals surface area (Å²) in [6.45, 7) is 4.41. The van der Waals surface area contributed by atoms with E-state index in [-0.39, 0.29) is 5.41 Å². The van der Waals surface area contributed by atoms with Crippen LogP contribution in [0.3, 0.4) is 0 Å². The summed E-state index contributed by atoms with van der Waals surface area (Å²) in [5.41, 5.74) is -0.153. The van der Waals surface area contributed by atoms with E-state index in [1.54, 1.807) is 0 Å². The molecular formula is C14H20N4O2. The molecule has 0 radical (unpaired) electrons. The second-order valence-corrected chi connectivity index (χ2v) is 6.30. The maximum absolute atomic E-state index is 11.8. The highest BCUT2D eigenvalue weighted by Gasteiger charge is 2.39. The maximum Gasteiger partial charge on any atom is 0.327 e. The molecule has 0 unspecified atom stereocenters. The average Bonchev–Trinajstić information content (AvgIpc) is 2.95. The van der Waals surface area contributed by atoms with Crippen LogP contribution >= 0.6 is 0 Å². The first-order valence-electron chi connectivity index (χ1n) is 7.23. The van der Waals surface area contributed by atoms with E-state index < -0.39 is 11.2 Å². The number of hydrogen-bond acceptors (Lipinski definition) is 3. The predicted octanol–water partition coefficient (Wildman–Crippen LogP) is 1.80. The van der Waals surface area contributed by atoms with Crippen molar-refractivity contribution < 1.29 is 0 Å². The second kappa shape index (κ2) is 4.61. The van der Waals surface area contributed by atoms with Gasteiger partial charge in [0.25, 0.3) is 5.56 Å². The lowest BCUT2D eigenvalue weighted by molar-refractivity contribution is 0.331. The zero-order chi connectivity index (χ0) is 14.3. The van der Waals surface area contributed by atoms with E-state index in [4.69, 9.17) is 0 Å². The molecule has 0 aliphatic heterocycles. The average molecular weight is 276 g/mol. The van der Waals surface area contributed by atoms with Crippen molar-refractivity contribution in [2.75, 3.05) is 0 Å². The summed E-state index contributed by atoms with van der Waals surface area (Å²) in [6.07, 6.45) is 5.61. The van der Waals surface area contributed by atoms with Crippen molar-refractivity contribution in [3.05, 3.63) is 26.7 Å². The smallest absolute Gasteiger partial charge is 0.327 e. The van der Waals surface area contributed by atoms with Crippen LogP contribution < -0.4 is 11.2 Å². The molecule has 2 heterocycles. The lowest BCUT2D eigenvalue weighted by Gasteiger charge is -2.28. The monoisotopic (exact) mass is 276 g/mol. The minimum atomic E-state index is -0.509. The zero-order valence-corrected chi connectivity index (χ0v) is 11.9. The van der Waals surface area contributed by atoms with Gasteiger partial charge in [-0.15, -0.1) is 0 Å². The van der Waals surface area contributed by atoms with Crippen LogP contribution in [0.2, 0.25) is 0 Å². The largest absolute Gasteiger partial charge is 0.336 e. The van der Waals surface area contributed by atoms with Gasteiger partial charge >= 0.3 is 5.69 Å². The summed E-state index contributed by atoms with van der Waals surface area (Å²) in [4.78, 5) is 35.6. The van der Waals surface area contributed by atoms with Gasteiger partial charge in [0, 0.05) is 5.41 Å². The summed E-state index contributed by atoms with van der Waals surface area (Å²) in [5.74, 6) is 1.42. The number of aromatic amines is 3. The van der Waals surface area contributed by atoms with Gasteiger partial charge in [-0.05, 0) is 25.2 Å². The number of imidazole rings is 1. The Balaban J connectivity index is 2.15. The van der Waals surface area contributed by atoms with Crippen LogP contribution in [-0.2, 0) is 5.41 Å². The van der Waals surface area contributed by atoms with Crippen LogP contribution in [0.4, 0.5) is 0 Å². The highest BCUT2D eigenvalue weighted by atomic mass is 16.2. The van der Waals surface area contributed by atoms with Crippen LogP contribution in [-0.4, -0.2) is 19.9 Å². The van der Waals surface area contributed by atoms with Crippen molar-refractivity contribution in [3.63, 3.8) is 0 Å². The molecule has 1 aliphatic rings. The third kappa shape index (κ3) is 2.09. The lowest BCUT2D eigenvalue weighted by atomic mass is 9.78. The molecule has 1 saturated carbocycles. The number of H-pyrrole nitrogens is 3. The molecule has 6 nitrogen and oxygen atoms in total. The molecule has 3 N–H and O–H groups in total. The highest BCUT2D eigenvalue weighted by molar-refractivity contribution is 5.69. The molecule has 3 rings (SSSR count). The molecule has 108 valence electrons. The van der Waals surface area contributed by atoms with E-state index in [1.165, 1.54) is 12.8 Å². The molecule has 6 heteroatoms. The maximum atomic E-state index is 11.8. The number of fused-ring (bicyclic) bond motifs is 1. The topological polar surface area (TPSA) is 94.4 Å². The fourth-order valence-corrected chi connectivity index (χ4v) is 3.55. The minimum absolute atomic E-state index is 0.0243. The van der Waals surface area contributed by atoms with Gasteiger partial charge in [-0.3, -0.25) is 14.8 Å². The van der Waals surface area contributed by atoms with E-state index in [0.29, 0.717) is 17.1 Å². The van der Waals surface area contributed by atoms with Gasteiger partial charge in [0.05, 0.1) is 0 Å². The summed E-state index contributed by atoms with van der Waals surface area (Å²) in [6, 6.07) is 0. The van der Waals surface area contributed by atoms with E-state index in [2.05, 4.69) is 33.8 Å². The third-order valence-electron chi connectivity index (χ3n) is 4.25. The predicted molar refractivity (Wildman–Crippen MR) is 76.9 cm³/mol. The normalized spacial score (nSPS) is 18.1. The molecule has 20 heavy (non-hydrogen) atoms. The van der Waals surface area contributed by atoms with Crippen molar-refractivity contribution in [3.8, 4) is 0 Å². The van der Waals surface area contributed by atoms with E-state index >= 15 is 0 Å². The van der Waals surface area contributed by atoms with Crippen molar-refractivity contribution in [1.29, 1.82) is 0 Å². The minimum Gasteiger partial charge on any atom is -0.336 e. The molecule has 0 amide bonds. The van der Waals surface area contributed by atoms with Crippen molar-refractivity contribution in [2.45, 2.75) is 51.4 Å². The molecule has 2 aromatic rings. The van der Waals surface area contributed by atoms with Gasteiger partial charge in [0.15, 0.2) is 5.65 Å². The first kappa shape index (κ1) is 13.1. The number of nitrogens with one attached hydrogen (secondary N) is 3. The summed E-state index contributed by atoms with van der Waals surface area (Å²) in [7, 11) is 0. The fourth-order valence-electron chi connectivity index (χ4n) is 3.55. The number of hydrogen-bond donors (Lipinski definition) is 3. The first-order chi connectivity index (χ1) is 9.50. The Labute approximate surface area is 116 Å². The second-order valence-electron chi connectivity index (χ2n) is 6.30. The van der Waals surface area contributed by atoms with E-state index in [9.17, 15) is 9.59 Å². The Morgan fingerprint density at radius 3 is 2.50 bits per heavy atom. The Bertz CT molecular complexity index is 731. The number of rotatable bonds is 3. The molecule has 1 aliphatic carbocycles. The summed E-state index contributed by atoms with van der Waals surface area (Å²) < 4.78 is 0. The van der Waals surface area contributed by atoms with Crippen LogP contribution in [0.1, 0.15) is 51.8 Å². The quantitative estimate of drug-likeness (QED) is 0.797. The van der Waals surface area contributed by atoms with Gasteiger partial charge in [0.2, 0.25) is 0 Å². The Kier molecular flexibility index (Phi) is 3.03. The Hall–Kier alpha value is -1.85. The van der Waals surface area contributed by atoms with Crippen LogP contribution in [0.15, 0.2) is 9.59 Å². The van der Waals surface area contributed by atoms with E-state index in [0.717, 1.165) is 25.1 Å². The molecule has 0 bridgehead atoms. The molecular weight excluding hydrogens is 256 g/mol. The molecule has 0 spiro atoms. The molecule has 2 aromatic heterocycles. The standard InChI is InChI=1S/C14H20N4O2/c1-8(2)7-14(5-3-4-6-14)12-15-9-10(16-12)17-13(20)18-11(9)19/h8H,3-7H2,1-2H3,(H3,15,16,17,18,19,20). The van der Waals surface area contributed by atoms with Crippen molar-refractivity contribution in [1.82, 2.24) is 19.9 Å². The molecule has 0 aromatic carbocycles. The van der Waals surface area contributed by atoms with Gasteiger partial charge in [-0.1, -0.05) is 26.7 Å². The SMILES string of the molecule is CC(C)CC1(c2nc3[nH]c(=O)[nH]c(=O)c3[nH]2)CCCC1. The fraction of sp³-hybridized carbons (Fsp3) is 0.643. The molecule has 0 saturated heterocycles. The Morgan fingerprint density at radius 1 is 1.15 bits per heavy atom. The summed E-state index contributed by atoms with van der Waals surface area (Å²) in [5, 5.41) is 0. The van der Waals surface area contributed by atoms with Crippen LogP contribution in [0.5, 0.6) is 0 Å². The first-order valence-corrected chi connectivity index (χ1v) is 7.23. The van der Waals surface area contributed by atoms with Crippen molar-refractivity contribution in [2.24, 2.45) is 5.92 Å². The van der Waals surface area contributed by atoms with E-state index in [1.807, 2.05) is 0 Å². The Morgan fingerprint density at radius 2 is 1.85 bits per heavy atom. The highest BCUT2D eigenvalue weighted by Crippen LogP contribution is 2.44. The summed E-state index contributed by atoms with van der Waals surface area (Å²) >= 11 is 0. The molecule has 1 fully saturated rings. The van der Waals surface area contributed by atoms with Gasteiger partial charge in [-0.25, -0.2) is 9.78 Å².